The Morgan fingerprint density at radius 1 is 1.41 bits per heavy atom. The van der Waals surface area contributed by atoms with E-state index in [2.05, 4.69) is 30.1 Å². The Morgan fingerprint density at radius 2 is 2.18 bits per heavy atom. The van der Waals surface area contributed by atoms with Gasteiger partial charge in [-0.15, -0.1) is 11.3 Å². The van der Waals surface area contributed by atoms with Crippen LogP contribution in [0.1, 0.15) is 31.6 Å². The highest BCUT2D eigenvalue weighted by molar-refractivity contribution is 7.16. The van der Waals surface area contributed by atoms with Crippen molar-refractivity contribution in [2.75, 3.05) is 19.6 Å². The summed E-state index contributed by atoms with van der Waals surface area (Å²) in [4.78, 5) is 3.92. The maximum atomic E-state index is 5.98. The molecular formula is C13H21ClN2S. The smallest absolute Gasteiger partial charge is 0.0931 e. The molecule has 1 aromatic heterocycles. The second-order valence-corrected chi connectivity index (χ2v) is 6.63. The first-order valence-corrected chi connectivity index (χ1v) is 7.58. The zero-order valence-electron chi connectivity index (χ0n) is 10.6. The van der Waals surface area contributed by atoms with E-state index in [4.69, 9.17) is 11.6 Å². The molecule has 1 saturated heterocycles. The van der Waals surface area contributed by atoms with Crippen LogP contribution in [0.15, 0.2) is 12.1 Å². The Balaban J connectivity index is 1.98. The minimum Gasteiger partial charge on any atom is -0.309 e. The fourth-order valence-electron chi connectivity index (χ4n) is 2.56. The van der Waals surface area contributed by atoms with Crippen molar-refractivity contribution in [1.82, 2.24) is 10.2 Å². The van der Waals surface area contributed by atoms with Crippen molar-refractivity contribution in [3.63, 3.8) is 0 Å². The molecule has 0 spiro atoms. The lowest BCUT2D eigenvalue weighted by molar-refractivity contribution is 0.119. The number of halogens is 1. The van der Waals surface area contributed by atoms with Gasteiger partial charge >= 0.3 is 0 Å². The molecule has 0 unspecified atom stereocenters. The van der Waals surface area contributed by atoms with Gasteiger partial charge in [-0.1, -0.05) is 25.4 Å². The predicted molar refractivity (Wildman–Crippen MR) is 75.9 cm³/mol. The molecule has 1 N–H and O–H groups in total. The molecule has 0 amide bonds. The van der Waals surface area contributed by atoms with Gasteiger partial charge in [-0.05, 0) is 25.0 Å². The van der Waals surface area contributed by atoms with Crippen molar-refractivity contribution in [2.45, 2.75) is 38.8 Å². The topological polar surface area (TPSA) is 15.3 Å². The Labute approximate surface area is 113 Å². The lowest BCUT2D eigenvalue weighted by atomic mass is 9.90. The summed E-state index contributed by atoms with van der Waals surface area (Å²) >= 11 is 7.68. The highest BCUT2D eigenvalue weighted by Crippen LogP contribution is 2.25. The minimum absolute atomic E-state index is 0.319. The van der Waals surface area contributed by atoms with Crippen LogP contribution in [0.2, 0.25) is 4.34 Å². The molecule has 0 bridgehead atoms. The van der Waals surface area contributed by atoms with Crippen molar-refractivity contribution >= 4 is 22.9 Å². The third-order valence-corrected chi connectivity index (χ3v) is 5.03. The molecule has 17 heavy (non-hydrogen) atoms. The van der Waals surface area contributed by atoms with Gasteiger partial charge in [0.15, 0.2) is 0 Å². The van der Waals surface area contributed by atoms with Crippen LogP contribution in [0.3, 0.4) is 0 Å². The standard InChI is InChI=1S/C13H21ClN2S/c1-3-13(4-2)10-16(8-7-15-13)9-11-5-6-12(14)17-11/h5-6,15H,3-4,7-10H2,1-2H3. The first-order chi connectivity index (χ1) is 8.17. The van der Waals surface area contributed by atoms with E-state index in [0.717, 1.165) is 30.5 Å². The lowest BCUT2D eigenvalue weighted by Crippen LogP contribution is -2.59. The molecule has 1 aliphatic heterocycles. The molecule has 1 fully saturated rings. The summed E-state index contributed by atoms with van der Waals surface area (Å²) in [7, 11) is 0. The average molecular weight is 273 g/mol. The molecule has 0 aliphatic carbocycles. The number of thiophene rings is 1. The van der Waals surface area contributed by atoms with E-state index >= 15 is 0 Å². The Morgan fingerprint density at radius 3 is 2.76 bits per heavy atom. The molecule has 0 atom stereocenters. The molecule has 2 rings (SSSR count). The molecule has 1 aliphatic rings. The van der Waals surface area contributed by atoms with Crippen LogP contribution < -0.4 is 5.32 Å². The van der Waals surface area contributed by atoms with Crippen LogP contribution >= 0.6 is 22.9 Å². The summed E-state index contributed by atoms with van der Waals surface area (Å²) in [6, 6.07) is 4.14. The van der Waals surface area contributed by atoms with Crippen molar-refractivity contribution < 1.29 is 0 Å². The van der Waals surface area contributed by atoms with Gasteiger partial charge in [-0.2, -0.15) is 0 Å². The zero-order valence-corrected chi connectivity index (χ0v) is 12.2. The Hall–Kier alpha value is -0.0900. The summed E-state index contributed by atoms with van der Waals surface area (Å²) in [5.41, 5.74) is 0.319. The number of nitrogens with one attached hydrogen (secondary N) is 1. The van der Waals surface area contributed by atoms with Crippen molar-refractivity contribution in [3.05, 3.63) is 21.3 Å². The molecule has 0 saturated carbocycles. The van der Waals surface area contributed by atoms with E-state index in [0.29, 0.717) is 5.54 Å². The summed E-state index contributed by atoms with van der Waals surface area (Å²) in [5, 5.41) is 3.69. The molecule has 96 valence electrons. The van der Waals surface area contributed by atoms with Gasteiger partial charge < -0.3 is 5.32 Å². The van der Waals surface area contributed by atoms with Gasteiger partial charge in [-0.25, -0.2) is 0 Å². The van der Waals surface area contributed by atoms with Crippen molar-refractivity contribution in [2.24, 2.45) is 0 Å². The first-order valence-electron chi connectivity index (χ1n) is 6.39. The number of piperazine rings is 1. The second kappa shape index (κ2) is 5.70. The molecule has 0 aromatic carbocycles. The SMILES string of the molecule is CCC1(CC)CN(Cc2ccc(Cl)s2)CCN1. The zero-order chi connectivity index (χ0) is 12.3. The molecule has 2 heterocycles. The highest BCUT2D eigenvalue weighted by Gasteiger charge is 2.31. The third-order valence-electron chi connectivity index (χ3n) is 3.82. The number of hydrogen-bond donors (Lipinski definition) is 1. The van der Waals surface area contributed by atoms with E-state index in [9.17, 15) is 0 Å². The number of hydrogen-bond acceptors (Lipinski definition) is 3. The van der Waals surface area contributed by atoms with Crippen LogP contribution in [0, 0.1) is 0 Å². The third kappa shape index (κ3) is 3.22. The van der Waals surface area contributed by atoms with Crippen LogP contribution in [0.4, 0.5) is 0 Å². The predicted octanol–water partition coefficient (Wildman–Crippen LogP) is 3.37. The maximum Gasteiger partial charge on any atom is 0.0931 e. The Bertz CT molecular complexity index is 360. The van der Waals surface area contributed by atoms with Crippen LogP contribution in [0.5, 0.6) is 0 Å². The molecule has 0 radical (unpaired) electrons. The lowest BCUT2D eigenvalue weighted by Gasteiger charge is -2.43. The fraction of sp³-hybridized carbons (Fsp3) is 0.692. The quantitative estimate of drug-likeness (QED) is 0.904. The summed E-state index contributed by atoms with van der Waals surface area (Å²) in [6.07, 6.45) is 2.40. The monoisotopic (exact) mass is 272 g/mol. The van der Waals surface area contributed by atoms with Crippen LogP contribution in [-0.4, -0.2) is 30.1 Å². The van der Waals surface area contributed by atoms with Crippen molar-refractivity contribution in [3.8, 4) is 0 Å². The first kappa shape index (κ1) is 13.3. The highest BCUT2D eigenvalue weighted by atomic mass is 35.5. The van der Waals surface area contributed by atoms with E-state index in [1.54, 1.807) is 11.3 Å². The Kier molecular flexibility index (Phi) is 4.47. The number of rotatable bonds is 4. The molecule has 2 nitrogen and oxygen atoms in total. The summed E-state index contributed by atoms with van der Waals surface area (Å²) < 4.78 is 0.896. The van der Waals surface area contributed by atoms with Crippen LogP contribution in [0.25, 0.3) is 0 Å². The average Bonchev–Trinajstić information content (AvgIpc) is 2.75. The van der Waals surface area contributed by atoms with Gasteiger partial charge in [0.25, 0.3) is 0 Å². The molecular weight excluding hydrogens is 252 g/mol. The number of nitrogens with zero attached hydrogens (tertiary/aromatic N) is 1. The fourth-order valence-corrected chi connectivity index (χ4v) is 3.69. The minimum atomic E-state index is 0.319. The largest absolute Gasteiger partial charge is 0.309 e. The van der Waals surface area contributed by atoms with Gasteiger partial charge in [-0.3, -0.25) is 4.90 Å². The summed E-state index contributed by atoms with van der Waals surface area (Å²) in [6.45, 7) is 8.98. The van der Waals surface area contributed by atoms with Crippen LogP contribution in [-0.2, 0) is 6.54 Å². The van der Waals surface area contributed by atoms with Gasteiger partial charge in [0.2, 0.25) is 0 Å². The second-order valence-electron chi connectivity index (χ2n) is 4.83. The van der Waals surface area contributed by atoms with E-state index in [1.165, 1.54) is 17.7 Å². The molecule has 1 aromatic rings. The molecule has 4 heteroatoms. The van der Waals surface area contributed by atoms with E-state index in [1.807, 2.05) is 6.07 Å². The van der Waals surface area contributed by atoms with Crippen molar-refractivity contribution in [1.29, 1.82) is 0 Å². The van der Waals surface area contributed by atoms with E-state index < -0.39 is 0 Å². The van der Waals surface area contributed by atoms with E-state index in [-0.39, 0.29) is 0 Å². The summed E-state index contributed by atoms with van der Waals surface area (Å²) in [5.74, 6) is 0. The van der Waals surface area contributed by atoms with Gasteiger partial charge in [0.1, 0.15) is 0 Å². The van der Waals surface area contributed by atoms with Gasteiger partial charge in [0, 0.05) is 36.6 Å². The normalized spacial score (nSPS) is 20.6. The van der Waals surface area contributed by atoms with Gasteiger partial charge in [0.05, 0.1) is 4.34 Å². The maximum absolute atomic E-state index is 5.98.